The number of likely N-dealkylation sites (N-methyl/N-ethyl adjacent to an activating group) is 1. The van der Waals surface area contributed by atoms with E-state index in [-0.39, 0.29) is 5.82 Å². The molecule has 0 saturated carbocycles. The fourth-order valence-electron chi connectivity index (χ4n) is 1.66. The minimum Gasteiger partial charge on any atom is -0.357 e. The SMILES string of the molecule is CC[NH+](CC)CCNC(=S)Nc1ccc(F)cc1. The molecule has 0 unspecified atom stereocenters. The Bertz CT molecular complexity index is 363. The number of nitrogens with one attached hydrogen (secondary N) is 3. The summed E-state index contributed by atoms with van der Waals surface area (Å²) in [6, 6.07) is 6.15. The number of benzene rings is 1. The zero-order valence-electron chi connectivity index (χ0n) is 10.9. The van der Waals surface area contributed by atoms with Crippen molar-refractivity contribution in [2.24, 2.45) is 0 Å². The molecule has 0 aliphatic carbocycles. The van der Waals surface area contributed by atoms with Crippen molar-refractivity contribution in [3.8, 4) is 0 Å². The zero-order chi connectivity index (χ0) is 13.4. The molecule has 18 heavy (non-hydrogen) atoms. The van der Waals surface area contributed by atoms with Crippen LogP contribution >= 0.6 is 12.2 Å². The van der Waals surface area contributed by atoms with Crippen LogP contribution in [0.2, 0.25) is 0 Å². The molecule has 0 heterocycles. The Hall–Kier alpha value is -1.20. The summed E-state index contributed by atoms with van der Waals surface area (Å²) in [5.74, 6) is -0.246. The highest BCUT2D eigenvalue weighted by Crippen LogP contribution is 2.07. The molecule has 3 N–H and O–H groups in total. The lowest BCUT2D eigenvalue weighted by molar-refractivity contribution is -0.895. The van der Waals surface area contributed by atoms with Crippen LogP contribution in [0.5, 0.6) is 0 Å². The standard InChI is InChI=1S/C13H20FN3S/c1-3-17(4-2)10-9-15-13(18)16-12-7-5-11(14)6-8-12/h5-8H,3-4,9-10H2,1-2H3,(H2,15,16,18)/p+1. The van der Waals surface area contributed by atoms with Crippen molar-refractivity contribution in [1.82, 2.24) is 5.32 Å². The molecule has 0 bridgehead atoms. The summed E-state index contributed by atoms with van der Waals surface area (Å²) in [5, 5.41) is 6.75. The maximum Gasteiger partial charge on any atom is 0.170 e. The number of hydrogen-bond donors (Lipinski definition) is 3. The van der Waals surface area contributed by atoms with E-state index >= 15 is 0 Å². The highest BCUT2D eigenvalue weighted by molar-refractivity contribution is 7.80. The van der Waals surface area contributed by atoms with E-state index in [0.717, 1.165) is 31.9 Å². The minimum absolute atomic E-state index is 0.246. The summed E-state index contributed by atoms with van der Waals surface area (Å²) in [4.78, 5) is 1.53. The number of quaternary nitrogens is 1. The summed E-state index contributed by atoms with van der Waals surface area (Å²) < 4.78 is 12.7. The Morgan fingerprint density at radius 2 is 1.83 bits per heavy atom. The fourth-order valence-corrected chi connectivity index (χ4v) is 1.88. The van der Waals surface area contributed by atoms with Gasteiger partial charge < -0.3 is 15.5 Å². The summed E-state index contributed by atoms with van der Waals surface area (Å²) in [6.45, 7) is 8.47. The van der Waals surface area contributed by atoms with Crippen LogP contribution in [0.3, 0.4) is 0 Å². The van der Waals surface area contributed by atoms with E-state index in [1.807, 2.05) is 0 Å². The number of halogens is 1. The lowest BCUT2D eigenvalue weighted by Crippen LogP contribution is -3.12. The van der Waals surface area contributed by atoms with Crippen LogP contribution in [0.1, 0.15) is 13.8 Å². The second-order valence-corrected chi connectivity index (χ2v) is 4.50. The highest BCUT2D eigenvalue weighted by atomic mass is 32.1. The second kappa shape index (κ2) is 8.00. The Morgan fingerprint density at radius 3 is 2.39 bits per heavy atom. The molecule has 0 atom stereocenters. The van der Waals surface area contributed by atoms with Gasteiger partial charge in [-0.1, -0.05) is 0 Å². The normalized spacial score (nSPS) is 10.4. The molecule has 1 aromatic carbocycles. The first-order chi connectivity index (χ1) is 8.65. The van der Waals surface area contributed by atoms with Gasteiger partial charge in [0, 0.05) is 5.69 Å². The molecule has 0 fully saturated rings. The molecule has 0 spiro atoms. The molecule has 5 heteroatoms. The summed E-state index contributed by atoms with van der Waals surface area (Å²) in [7, 11) is 0. The van der Waals surface area contributed by atoms with E-state index in [0.29, 0.717) is 5.11 Å². The van der Waals surface area contributed by atoms with Crippen LogP contribution in [0.25, 0.3) is 0 Å². The van der Waals surface area contributed by atoms with E-state index in [2.05, 4.69) is 24.5 Å². The van der Waals surface area contributed by atoms with E-state index < -0.39 is 0 Å². The van der Waals surface area contributed by atoms with Crippen molar-refractivity contribution < 1.29 is 9.29 Å². The maximum absolute atomic E-state index is 12.7. The molecular formula is C13H21FN3S+. The summed E-state index contributed by atoms with van der Waals surface area (Å²) in [5.41, 5.74) is 0.795. The monoisotopic (exact) mass is 270 g/mol. The minimum atomic E-state index is -0.246. The lowest BCUT2D eigenvalue weighted by atomic mass is 10.3. The predicted octanol–water partition coefficient (Wildman–Crippen LogP) is 1.04. The van der Waals surface area contributed by atoms with Crippen LogP contribution in [-0.4, -0.2) is 31.3 Å². The van der Waals surface area contributed by atoms with Gasteiger partial charge in [-0.25, -0.2) is 4.39 Å². The molecule has 0 radical (unpaired) electrons. The molecule has 0 amide bonds. The first-order valence-corrected chi connectivity index (χ1v) is 6.70. The van der Waals surface area contributed by atoms with Gasteiger partial charge >= 0.3 is 0 Å². The largest absolute Gasteiger partial charge is 0.357 e. The maximum atomic E-state index is 12.7. The molecule has 0 aliphatic heterocycles. The quantitative estimate of drug-likeness (QED) is 0.675. The third-order valence-corrected chi connectivity index (χ3v) is 3.11. The van der Waals surface area contributed by atoms with E-state index in [1.54, 1.807) is 12.1 Å². The van der Waals surface area contributed by atoms with Crippen molar-refractivity contribution in [3.63, 3.8) is 0 Å². The average molecular weight is 270 g/mol. The van der Waals surface area contributed by atoms with Crippen molar-refractivity contribution in [3.05, 3.63) is 30.1 Å². The van der Waals surface area contributed by atoms with E-state index in [1.165, 1.54) is 17.0 Å². The summed E-state index contributed by atoms with van der Waals surface area (Å²) in [6.07, 6.45) is 0. The Kier molecular flexibility index (Phi) is 6.60. The highest BCUT2D eigenvalue weighted by Gasteiger charge is 2.02. The van der Waals surface area contributed by atoms with E-state index in [4.69, 9.17) is 12.2 Å². The first kappa shape index (κ1) is 14.9. The molecular weight excluding hydrogens is 249 g/mol. The Morgan fingerprint density at radius 1 is 1.22 bits per heavy atom. The number of hydrogen-bond acceptors (Lipinski definition) is 1. The van der Waals surface area contributed by atoms with Gasteiger partial charge in [0.25, 0.3) is 0 Å². The summed E-state index contributed by atoms with van der Waals surface area (Å²) >= 11 is 5.17. The molecule has 1 rings (SSSR count). The van der Waals surface area contributed by atoms with Crippen LogP contribution in [-0.2, 0) is 0 Å². The van der Waals surface area contributed by atoms with Crippen LogP contribution in [0.4, 0.5) is 10.1 Å². The molecule has 0 aliphatic rings. The molecule has 1 aromatic rings. The van der Waals surface area contributed by atoms with Gasteiger partial charge in [0.15, 0.2) is 5.11 Å². The Balaban J connectivity index is 2.27. The Labute approximate surface area is 113 Å². The smallest absolute Gasteiger partial charge is 0.170 e. The number of anilines is 1. The van der Waals surface area contributed by atoms with Gasteiger partial charge in [0.05, 0.1) is 26.2 Å². The first-order valence-electron chi connectivity index (χ1n) is 6.29. The van der Waals surface area contributed by atoms with Crippen LogP contribution in [0, 0.1) is 5.82 Å². The van der Waals surface area contributed by atoms with Crippen molar-refractivity contribution in [2.45, 2.75) is 13.8 Å². The number of rotatable bonds is 6. The second-order valence-electron chi connectivity index (χ2n) is 4.09. The lowest BCUT2D eigenvalue weighted by Gasteiger charge is -2.16. The predicted molar refractivity (Wildman–Crippen MR) is 77.5 cm³/mol. The third-order valence-electron chi connectivity index (χ3n) is 2.87. The zero-order valence-corrected chi connectivity index (χ0v) is 11.7. The molecule has 0 saturated heterocycles. The van der Waals surface area contributed by atoms with Gasteiger partial charge in [-0.3, -0.25) is 0 Å². The van der Waals surface area contributed by atoms with Crippen molar-refractivity contribution in [2.75, 3.05) is 31.5 Å². The van der Waals surface area contributed by atoms with Gasteiger partial charge in [-0.2, -0.15) is 0 Å². The van der Waals surface area contributed by atoms with Crippen molar-refractivity contribution in [1.29, 1.82) is 0 Å². The molecule has 100 valence electrons. The third kappa shape index (κ3) is 5.42. The average Bonchev–Trinajstić information content (AvgIpc) is 2.37. The van der Waals surface area contributed by atoms with Crippen LogP contribution < -0.4 is 15.5 Å². The van der Waals surface area contributed by atoms with Crippen LogP contribution in [0.15, 0.2) is 24.3 Å². The van der Waals surface area contributed by atoms with E-state index in [9.17, 15) is 4.39 Å². The van der Waals surface area contributed by atoms with Gasteiger partial charge in [0.2, 0.25) is 0 Å². The molecule has 3 nitrogen and oxygen atoms in total. The van der Waals surface area contributed by atoms with Crippen molar-refractivity contribution >= 4 is 23.0 Å². The molecule has 0 aromatic heterocycles. The van der Waals surface area contributed by atoms with Gasteiger partial charge in [-0.15, -0.1) is 0 Å². The fraction of sp³-hybridized carbons (Fsp3) is 0.462. The topological polar surface area (TPSA) is 28.5 Å². The van der Waals surface area contributed by atoms with Gasteiger partial charge in [-0.05, 0) is 50.3 Å². The van der Waals surface area contributed by atoms with Gasteiger partial charge in [0.1, 0.15) is 5.82 Å². The number of thiocarbonyl (C=S) groups is 1.